The quantitative estimate of drug-likeness (QED) is 0.234. The van der Waals surface area contributed by atoms with Crippen molar-refractivity contribution in [2.75, 3.05) is 13.1 Å². The molecular formula is C28H53N3O7. The van der Waals surface area contributed by atoms with Crippen molar-refractivity contribution in [1.82, 2.24) is 10.2 Å². The summed E-state index contributed by atoms with van der Waals surface area (Å²) in [6.07, 6.45) is 3.31. The number of likely N-dealkylation sites (tertiary alicyclic amines) is 1. The van der Waals surface area contributed by atoms with E-state index in [1.807, 2.05) is 69.2 Å². The van der Waals surface area contributed by atoms with Gasteiger partial charge in [0.1, 0.15) is 16.8 Å². The molecule has 0 aliphatic carbocycles. The highest BCUT2D eigenvalue weighted by molar-refractivity contribution is 5.76. The van der Waals surface area contributed by atoms with Crippen LogP contribution in [0, 0.1) is 0 Å². The van der Waals surface area contributed by atoms with Crippen LogP contribution in [0.3, 0.4) is 0 Å². The Labute approximate surface area is 229 Å². The summed E-state index contributed by atoms with van der Waals surface area (Å²) in [6.45, 7) is 20.0. The summed E-state index contributed by atoms with van der Waals surface area (Å²) < 4.78 is 15.5. The fourth-order valence-corrected chi connectivity index (χ4v) is 3.93. The zero-order valence-corrected chi connectivity index (χ0v) is 25.4. The van der Waals surface area contributed by atoms with Crippen LogP contribution < -0.4 is 11.1 Å². The average Bonchev–Trinajstić information content (AvgIpc) is 3.15. The highest BCUT2D eigenvalue weighted by Gasteiger charge is 2.36. The van der Waals surface area contributed by atoms with E-state index < -0.39 is 16.7 Å². The van der Waals surface area contributed by atoms with E-state index in [-0.39, 0.29) is 42.5 Å². The van der Waals surface area contributed by atoms with Crippen molar-refractivity contribution >= 4 is 24.4 Å². The van der Waals surface area contributed by atoms with Crippen molar-refractivity contribution in [3.8, 4) is 0 Å². The lowest BCUT2D eigenvalue weighted by Gasteiger charge is -2.36. The number of nitrogens with two attached hydrogens (primary N) is 1. The van der Waals surface area contributed by atoms with Crippen LogP contribution in [0.5, 0.6) is 0 Å². The van der Waals surface area contributed by atoms with Crippen LogP contribution in [0.2, 0.25) is 0 Å². The van der Waals surface area contributed by atoms with Crippen LogP contribution in [-0.2, 0) is 28.6 Å². The molecule has 1 rings (SSSR count). The van der Waals surface area contributed by atoms with E-state index in [1.165, 1.54) is 0 Å². The molecule has 1 saturated heterocycles. The van der Waals surface area contributed by atoms with Crippen LogP contribution in [0.4, 0.5) is 4.79 Å². The maximum absolute atomic E-state index is 13.0. The molecular weight excluding hydrogens is 490 g/mol. The number of carbonyl (C=O) groups excluding carboxylic acids is 4. The molecule has 10 heteroatoms. The van der Waals surface area contributed by atoms with Crippen molar-refractivity contribution in [3.63, 3.8) is 0 Å². The molecule has 2 amide bonds. The molecule has 0 aromatic rings. The zero-order valence-electron chi connectivity index (χ0n) is 25.4. The Hall–Kier alpha value is -2.36. The largest absolute Gasteiger partial charge is 0.462 e. The number of nitrogens with zero attached hydrogens (tertiary/aromatic N) is 1. The molecule has 0 spiro atoms. The third kappa shape index (κ3) is 17.2. The van der Waals surface area contributed by atoms with Gasteiger partial charge in [-0.05, 0) is 88.0 Å². The summed E-state index contributed by atoms with van der Waals surface area (Å²) in [4.78, 5) is 49.0. The van der Waals surface area contributed by atoms with Crippen LogP contribution >= 0.6 is 0 Å². The first-order chi connectivity index (χ1) is 17.2. The minimum atomic E-state index is -0.702. The van der Waals surface area contributed by atoms with E-state index in [0.717, 1.165) is 12.8 Å². The molecule has 10 nitrogen and oxygen atoms in total. The second-order valence-corrected chi connectivity index (χ2v) is 13.0. The van der Waals surface area contributed by atoms with E-state index in [1.54, 1.807) is 4.90 Å². The molecule has 1 aliphatic rings. The van der Waals surface area contributed by atoms with Crippen molar-refractivity contribution in [3.05, 3.63) is 0 Å². The third-order valence-corrected chi connectivity index (χ3v) is 5.47. The van der Waals surface area contributed by atoms with Gasteiger partial charge in [0.25, 0.3) is 6.47 Å². The molecule has 0 bridgehead atoms. The Kier molecular flexibility index (Phi) is 14.3. The van der Waals surface area contributed by atoms with E-state index in [0.29, 0.717) is 38.8 Å². The molecule has 1 atom stereocenters. The number of amides is 2. The van der Waals surface area contributed by atoms with Crippen molar-refractivity contribution in [1.29, 1.82) is 0 Å². The molecule has 0 aromatic heterocycles. The highest BCUT2D eigenvalue weighted by Crippen LogP contribution is 2.28. The van der Waals surface area contributed by atoms with E-state index in [2.05, 4.69) is 10.1 Å². The first-order valence-electron chi connectivity index (χ1n) is 13.6. The number of esters is 2. The second-order valence-electron chi connectivity index (χ2n) is 13.0. The number of ether oxygens (including phenoxy) is 3. The number of urea groups is 1. The molecule has 0 saturated carbocycles. The van der Waals surface area contributed by atoms with Crippen LogP contribution in [0.25, 0.3) is 0 Å². The molecule has 38 heavy (non-hydrogen) atoms. The number of carbonyl (C=O) groups is 4. The summed E-state index contributed by atoms with van der Waals surface area (Å²) in [5.41, 5.74) is 3.79. The highest BCUT2D eigenvalue weighted by atomic mass is 16.6. The van der Waals surface area contributed by atoms with Gasteiger partial charge in [-0.3, -0.25) is 14.4 Å². The monoisotopic (exact) mass is 543 g/mol. The topological polar surface area (TPSA) is 137 Å². The van der Waals surface area contributed by atoms with Crippen LogP contribution in [0.15, 0.2) is 0 Å². The summed E-state index contributed by atoms with van der Waals surface area (Å²) in [5.74, 6) is -0.634. The van der Waals surface area contributed by atoms with Crippen molar-refractivity contribution in [2.45, 2.75) is 143 Å². The lowest BCUT2D eigenvalue weighted by molar-refractivity contribution is -0.155. The average molecular weight is 544 g/mol. The summed E-state index contributed by atoms with van der Waals surface area (Å²) in [7, 11) is 0. The Morgan fingerprint density at radius 3 is 1.63 bits per heavy atom. The molecule has 222 valence electrons. The first-order valence-corrected chi connectivity index (χ1v) is 13.6. The third-order valence-electron chi connectivity index (χ3n) is 5.47. The molecule has 1 aliphatic heterocycles. The minimum Gasteiger partial charge on any atom is -0.462 e. The Morgan fingerprint density at radius 1 is 0.868 bits per heavy atom. The number of hydrogen-bond donors (Lipinski definition) is 2. The van der Waals surface area contributed by atoms with Gasteiger partial charge in [0.05, 0.1) is 0 Å². The molecule has 1 heterocycles. The molecule has 0 radical (unpaired) electrons. The molecule has 1 fully saturated rings. The first kappa shape index (κ1) is 35.6. The molecule has 3 N–H and O–H groups in total. The molecule has 0 aromatic carbocycles. The Balaban J connectivity index is 0.00000171. The van der Waals surface area contributed by atoms with E-state index >= 15 is 0 Å². The second kappa shape index (κ2) is 15.3. The smallest absolute Gasteiger partial charge is 0.317 e. The maximum atomic E-state index is 13.0. The van der Waals surface area contributed by atoms with Crippen LogP contribution in [-0.4, -0.2) is 70.8 Å². The van der Waals surface area contributed by atoms with E-state index in [9.17, 15) is 19.2 Å². The van der Waals surface area contributed by atoms with Gasteiger partial charge < -0.3 is 30.2 Å². The van der Waals surface area contributed by atoms with Gasteiger partial charge >= 0.3 is 18.0 Å². The fourth-order valence-electron chi connectivity index (χ4n) is 3.93. The number of hydrogen-bond acceptors (Lipinski definition) is 8. The number of nitrogens with one attached hydrogen (secondary N) is 1. The van der Waals surface area contributed by atoms with Gasteiger partial charge in [-0.1, -0.05) is 13.3 Å². The number of rotatable bonds is 10. The van der Waals surface area contributed by atoms with Crippen LogP contribution in [0.1, 0.15) is 114 Å². The van der Waals surface area contributed by atoms with Gasteiger partial charge in [-0.2, -0.15) is 0 Å². The fraction of sp³-hybridized carbons (Fsp3) is 0.857. The van der Waals surface area contributed by atoms with Gasteiger partial charge in [-0.25, -0.2) is 4.79 Å². The lowest BCUT2D eigenvalue weighted by Crippen LogP contribution is -2.53. The standard InChI is InChI=1S/C23H43N3O5.C5H10O2/c1-8-12-23(13-9-18(27)30-21(2,3)4,14-10-19(28)31-22(5,6)7)25-20(29)26-15-11-17(24)16-26;1-5(2,3)7-4-6/h17H,8-16,24H2,1-7H3,(H,25,29);4H,1-3H3. The predicted octanol–water partition coefficient (Wildman–Crippen LogP) is 4.47. The van der Waals surface area contributed by atoms with Crippen molar-refractivity contribution < 1.29 is 33.4 Å². The Morgan fingerprint density at radius 2 is 1.34 bits per heavy atom. The van der Waals surface area contributed by atoms with Gasteiger partial charge in [0, 0.05) is 37.5 Å². The maximum Gasteiger partial charge on any atom is 0.317 e. The lowest BCUT2D eigenvalue weighted by atomic mass is 9.84. The summed E-state index contributed by atoms with van der Waals surface area (Å²) in [5, 5.41) is 3.15. The summed E-state index contributed by atoms with van der Waals surface area (Å²) >= 11 is 0. The van der Waals surface area contributed by atoms with Gasteiger partial charge in [0.15, 0.2) is 0 Å². The predicted molar refractivity (Wildman–Crippen MR) is 147 cm³/mol. The molecule has 1 unspecified atom stereocenters. The van der Waals surface area contributed by atoms with Crippen molar-refractivity contribution in [2.24, 2.45) is 5.73 Å². The summed E-state index contributed by atoms with van der Waals surface area (Å²) in [6, 6.07) is -0.218. The van der Waals surface area contributed by atoms with Gasteiger partial charge in [-0.15, -0.1) is 0 Å². The SMILES string of the molecule is CC(C)(C)OC=O.CCCC(CCC(=O)OC(C)(C)C)(CCC(=O)OC(C)(C)C)NC(=O)N1CCC(N)C1. The van der Waals surface area contributed by atoms with E-state index in [4.69, 9.17) is 15.2 Å². The zero-order chi connectivity index (χ0) is 29.8. The van der Waals surface area contributed by atoms with Gasteiger partial charge in [0.2, 0.25) is 0 Å². The Bertz CT molecular complexity index is 732. The normalized spacial score (nSPS) is 16.2. The minimum absolute atomic E-state index is 0.0187.